The van der Waals surface area contributed by atoms with Gasteiger partial charge in [-0.1, -0.05) is 6.07 Å². The number of likely N-dealkylation sites (N-methyl/N-ethyl adjacent to an activating group) is 1. The van der Waals surface area contributed by atoms with Crippen LogP contribution in [0.4, 0.5) is 0 Å². The summed E-state index contributed by atoms with van der Waals surface area (Å²) >= 11 is 1.44. The molecule has 3 unspecified atom stereocenters. The summed E-state index contributed by atoms with van der Waals surface area (Å²) < 4.78 is 29.4. The lowest BCUT2D eigenvalue weighted by molar-refractivity contribution is -0.150. The fourth-order valence-electron chi connectivity index (χ4n) is 7.98. The zero-order valence-electron chi connectivity index (χ0n) is 25.1. The number of thioether (sulfide) groups is 1. The summed E-state index contributed by atoms with van der Waals surface area (Å²) in [6.07, 6.45) is 0.522. The van der Waals surface area contributed by atoms with E-state index in [1.807, 2.05) is 27.0 Å². The summed E-state index contributed by atoms with van der Waals surface area (Å²) in [7, 11) is 3.51. The van der Waals surface area contributed by atoms with Gasteiger partial charge in [-0.15, -0.1) is 11.8 Å². The minimum absolute atomic E-state index is 0.0270. The highest BCUT2D eigenvalue weighted by atomic mass is 32.2. The standard InChI is InChI=1S/C31H34N4O8S/c1-12-6-15-7-17-18(8-32)35-19-9-40-31(38)16(33)10-44-30(24(35)23(34(17)4)20(15)25(37)26(12)39-5)22-21(19)29-28(41-11-42-29)13(2)27(22)43-14(3)36/h6,16-19,23-24,30,37H,7,9-11,33H2,1-5H3/t16?,17?,18-,19-,23+,24?,30+/m0/s1. The van der Waals surface area contributed by atoms with Crippen molar-refractivity contribution in [3.05, 3.63) is 39.4 Å². The van der Waals surface area contributed by atoms with E-state index < -0.39 is 47.4 Å². The van der Waals surface area contributed by atoms with Crippen LogP contribution in [0.2, 0.25) is 0 Å². The number of phenolic OH excluding ortho intramolecular Hbond substituents is 1. The lowest BCUT2D eigenvalue weighted by atomic mass is 9.71. The molecule has 7 rings (SSSR count). The third kappa shape index (κ3) is 3.94. The highest BCUT2D eigenvalue weighted by Gasteiger charge is 2.60. The molecule has 5 heterocycles. The number of phenols is 1. The number of esters is 2. The van der Waals surface area contributed by atoms with Crippen LogP contribution in [-0.2, 0) is 20.7 Å². The normalized spacial score (nSPS) is 30.4. The van der Waals surface area contributed by atoms with Gasteiger partial charge in [0.2, 0.25) is 6.79 Å². The van der Waals surface area contributed by atoms with Gasteiger partial charge in [-0.05, 0) is 38.4 Å². The zero-order chi connectivity index (χ0) is 31.2. The van der Waals surface area contributed by atoms with Crippen molar-refractivity contribution in [3.63, 3.8) is 0 Å². The summed E-state index contributed by atoms with van der Waals surface area (Å²) in [5.41, 5.74) is 10.8. The van der Waals surface area contributed by atoms with Crippen molar-refractivity contribution in [2.24, 2.45) is 5.73 Å². The highest BCUT2D eigenvalue weighted by molar-refractivity contribution is 7.99. The quantitative estimate of drug-likeness (QED) is 0.372. The first-order valence-electron chi connectivity index (χ1n) is 14.5. The number of cyclic esters (lactones) is 1. The number of hydrogen-bond acceptors (Lipinski definition) is 13. The Kier molecular flexibility index (Phi) is 6.89. The third-order valence-corrected chi connectivity index (χ3v) is 11.1. The van der Waals surface area contributed by atoms with Crippen molar-refractivity contribution in [2.75, 3.05) is 33.3 Å². The van der Waals surface area contributed by atoms with Crippen molar-refractivity contribution in [1.82, 2.24) is 9.80 Å². The van der Waals surface area contributed by atoms with Crippen LogP contribution in [0.3, 0.4) is 0 Å². The monoisotopic (exact) mass is 622 g/mol. The van der Waals surface area contributed by atoms with E-state index in [1.165, 1.54) is 25.8 Å². The first-order chi connectivity index (χ1) is 21.1. The van der Waals surface area contributed by atoms with Gasteiger partial charge in [-0.25, -0.2) is 0 Å². The Labute approximate surface area is 258 Å². The molecule has 5 aliphatic rings. The Morgan fingerprint density at radius 3 is 2.64 bits per heavy atom. The van der Waals surface area contributed by atoms with Gasteiger partial charge in [0.15, 0.2) is 23.0 Å². The van der Waals surface area contributed by atoms with Crippen LogP contribution in [0.15, 0.2) is 6.07 Å². The Hall–Kier alpha value is -3.70. The average Bonchev–Trinajstić information content (AvgIpc) is 3.47. The minimum Gasteiger partial charge on any atom is -0.504 e. The SMILES string of the molecule is COc1c(C)cc2c(c1O)[C@@H]1C3[C@@H]4SCC(N)C(=O)OC[C@@H](c5c6c(c(C)c(OC(C)=O)c54)OCO6)N3[C@@H](C#N)C(C2)N1C. The predicted octanol–water partition coefficient (Wildman–Crippen LogP) is 2.56. The Bertz CT molecular complexity index is 1640. The van der Waals surface area contributed by atoms with E-state index in [4.69, 9.17) is 29.4 Å². The summed E-state index contributed by atoms with van der Waals surface area (Å²) in [5.74, 6) is 0.953. The molecule has 2 aromatic rings. The number of carbonyl (C=O) groups is 2. The largest absolute Gasteiger partial charge is 0.504 e. The van der Waals surface area contributed by atoms with E-state index >= 15 is 0 Å². The number of fused-ring (bicyclic) bond motifs is 9. The molecule has 0 amide bonds. The molecule has 0 saturated carbocycles. The molecule has 3 N–H and O–H groups in total. The second kappa shape index (κ2) is 10.4. The smallest absolute Gasteiger partial charge is 0.323 e. The maximum atomic E-state index is 13.0. The molecule has 5 aliphatic heterocycles. The van der Waals surface area contributed by atoms with Crippen LogP contribution >= 0.6 is 11.8 Å². The van der Waals surface area contributed by atoms with Crippen LogP contribution < -0.4 is 24.7 Å². The second-order valence-corrected chi connectivity index (χ2v) is 13.2. The van der Waals surface area contributed by atoms with Crippen molar-refractivity contribution in [2.45, 2.75) is 68.7 Å². The summed E-state index contributed by atoms with van der Waals surface area (Å²) in [4.78, 5) is 29.8. The number of hydrogen-bond donors (Lipinski definition) is 2. The number of nitrogens with two attached hydrogens (primary N) is 1. The molecule has 12 nitrogen and oxygen atoms in total. The molecule has 0 radical (unpaired) electrons. The van der Waals surface area contributed by atoms with Crippen molar-refractivity contribution in [1.29, 1.82) is 5.26 Å². The molecule has 4 bridgehead atoms. The lowest BCUT2D eigenvalue weighted by Crippen LogP contribution is -2.69. The Balaban J connectivity index is 1.56. The van der Waals surface area contributed by atoms with Gasteiger partial charge in [-0.3, -0.25) is 19.4 Å². The van der Waals surface area contributed by atoms with E-state index in [0.29, 0.717) is 40.5 Å². The van der Waals surface area contributed by atoms with Gasteiger partial charge in [0.05, 0.1) is 30.5 Å². The summed E-state index contributed by atoms with van der Waals surface area (Å²) in [5, 5.41) is 22.1. The minimum atomic E-state index is -0.890. The number of rotatable bonds is 2. The van der Waals surface area contributed by atoms with Crippen LogP contribution in [0.25, 0.3) is 0 Å². The van der Waals surface area contributed by atoms with Gasteiger partial charge in [-0.2, -0.15) is 5.26 Å². The molecule has 2 aromatic carbocycles. The summed E-state index contributed by atoms with van der Waals surface area (Å²) in [6.45, 7) is 4.93. The first-order valence-corrected chi connectivity index (χ1v) is 15.6. The van der Waals surface area contributed by atoms with E-state index in [0.717, 1.165) is 22.3 Å². The highest BCUT2D eigenvalue weighted by Crippen LogP contribution is 2.64. The topological polar surface area (TPSA) is 157 Å². The molecule has 0 spiro atoms. The number of benzene rings is 2. The predicted molar refractivity (Wildman–Crippen MR) is 158 cm³/mol. The molecule has 44 heavy (non-hydrogen) atoms. The zero-order valence-corrected chi connectivity index (χ0v) is 25.9. The van der Waals surface area contributed by atoms with Crippen molar-refractivity contribution >= 4 is 23.7 Å². The Morgan fingerprint density at radius 1 is 1.18 bits per heavy atom. The average molecular weight is 623 g/mol. The van der Waals surface area contributed by atoms with Crippen molar-refractivity contribution in [3.8, 4) is 34.8 Å². The van der Waals surface area contributed by atoms with E-state index in [-0.39, 0.29) is 30.9 Å². The molecule has 2 fully saturated rings. The van der Waals surface area contributed by atoms with Crippen LogP contribution in [0, 0.1) is 25.2 Å². The fraction of sp³-hybridized carbons (Fsp3) is 0.516. The number of piperazine rings is 1. The molecular weight excluding hydrogens is 588 g/mol. The van der Waals surface area contributed by atoms with Gasteiger partial charge in [0.1, 0.15) is 24.4 Å². The van der Waals surface area contributed by atoms with E-state index in [2.05, 4.69) is 15.9 Å². The molecule has 7 atom stereocenters. The van der Waals surface area contributed by atoms with Crippen LogP contribution in [-0.4, -0.2) is 84.3 Å². The van der Waals surface area contributed by atoms with E-state index in [1.54, 1.807) is 0 Å². The van der Waals surface area contributed by atoms with E-state index in [9.17, 15) is 20.0 Å². The fourth-order valence-corrected chi connectivity index (χ4v) is 9.42. The van der Waals surface area contributed by atoms with Gasteiger partial charge >= 0.3 is 11.9 Å². The Morgan fingerprint density at radius 2 is 1.93 bits per heavy atom. The number of methoxy groups -OCH3 is 1. The first kappa shape index (κ1) is 29.0. The third-order valence-electron chi connectivity index (χ3n) is 9.69. The number of ether oxygens (including phenoxy) is 5. The number of aromatic hydroxyl groups is 1. The number of nitriles is 1. The second-order valence-electron chi connectivity index (χ2n) is 12.0. The number of nitrogens with zero attached hydrogens (tertiary/aromatic N) is 3. The maximum Gasteiger partial charge on any atom is 0.323 e. The van der Waals surface area contributed by atoms with Crippen LogP contribution in [0.1, 0.15) is 57.6 Å². The number of aryl methyl sites for hydroxylation is 1. The molecule has 0 aliphatic carbocycles. The van der Waals surface area contributed by atoms with Crippen LogP contribution in [0.5, 0.6) is 28.7 Å². The van der Waals surface area contributed by atoms with Crippen molar-refractivity contribution < 1.29 is 38.4 Å². The van der Waals surface area contributed by atoms with Gasteiger partial charge in [0, 0.05) is 47.0 Å². The molecular formula is C31H34N4O8S. The molecule has 13 heteroatoms. The number of carbonyl (C=O) groups excluding carboxylic acids is 2. The molecule has 232 valence electrons. The molecule has 0 aromatic heterocycles. The lowest BCUT2D eigenvalue weighted by Gasteiger charge is -2.61. The maximum absolute atomic E-state index is 13.0. The summed E-state index contributed by atoms with van der Waals surface area (Å²) in [6, 6.07) is 1.36. The van der Waals surface area contributed by atoms with Gasteiger partial charge < -0.3 is 34.5 Å². The van der Waals surface area contributed by atoms with Gasteiger partial charge in [0.25, 0.3) is 0 Å². The molecule has 2 saturated heterocycles.